The minimum atomic E-state index is -1.08. The zero-order valence-corrected chi connectivity index (χ0v) is 31.3. The first kappa shape index (κ1) is 38.7. The monoisotopic (exact) mass is 747 g/mol. The highest BCUT2D eigenvalue weighted by Gasteiger charge is 2.36. The summed E-state index contributed by atoms with van der Waals surface area (Å²) < 4.78 is 11.5. The Morgan fingerprint density at radius 3 is 2.16 bits per heavy atom. The summed E-state index contributed by atoms with van der Waals surface area (Å²) in [5, 5.41) is 40.1. The Morgan fingerprint density at radius 1 is 0.782 bits per heavy atom. The van der Waals surface area contributed by atoms with Crippen molar-refractivity contribution in [3.05, 3.63) is 137 Å². The van der Waals surface area contributed by atoms with Gasteiger partial charge >= 0.3 is 0 Å². The van der Waals surface area contributed by atoms with E-state index in [1.54, 1.807) is 0 Å². The molecule has 1 saturated heterocycles. The van der Waals surface area contributed by atoms with Gasteiger partial charge in [-0.15, -0.1) is 0 Å². The normalized spacial score (nSPS) is 22.2. The summed E-state index contributed by atoms with van der Waals surface area (Å²) in [6.07, 6.45) is -0.705. The van der Waals surface area contributed by atoms with Crippen LogP contribution in [0, 0.1) is 5.92 Å². The van der Waals surface area contributed by atoms with Crippen LogP contribution in [-0.2, 0) is 40.0 Å². The maximum atomic E-state index is 14.3. The summed E-state index contributed by atoms with van der Waals surface area (Å²) in [5.74, 6) is -0.819. The molecule has 7 atom stereocenters. The molecule has 55 heavy (non-hydrogen) atoms. The van der Waals surface area contributed by atoms with Gasteiger partial charge in [0.15, 0.2) is 0 Å². The second-order valence-corrected chi connectivity index (χ2v) is 15.3. The van der Waals surface area contributed by atoms with E-state index in [1.165, 1.54) is 0 Å². The first-order valence-corrected chi connectivity index (χ1v) is 19.7. The van der Waals surface area contributed by atoms with Gasteiger partial charge in [-0.05, 0) is 71.2 Å². The Morgan fingerprint density at radius 2 is 1.42 bits per heavy atom. The number of carbonyl (C=O) groups excluding carboxylic acids is 2. The molecular formula is C45H53N3O7. The van der Waals surface area contributed by atoms with Gasteiger partial charge in [0.25, 0.3) is 0 Å². The van der Waals surface area contributed by atoms with Crippen LogP contribution in [0.3, 0.4) is 0 Å². The van der Waals surface area contributed by atoms with E-state index in [0.29, 0.717) is 32.3 Å². The highest BCUT2D eigenvalue weighted by molar-refractivity contribution is 5.80. The molecule has 0 unspecified atom stereocenters. The average Bonchev–Trinajstić information content (AvgIpc) is 3.69. The minimum Gasteiger partial charge on any atom is -0.492 e. The van der Waals surface area contributed by atoms with E-state index in [9.17, 15) is 24.9 Å². The first-order valence-electron chi connectivity index (χ1n) is 19.7. The van der Waals surface area contributed by atoms with Gasteiger partial charge in [-0.25, -0.2) is 0 Å². The fourth-order valence-electron chi connectivity index (χ4n) is 8.40. The highest BCUT2D eigenvalue weighted by Crippen LogP contribution is 2.36. The van der Waals surface area contributed by atoms with Crippen molar-refractivity contribution in [3.8, 4) is 5.75 Å². The molecule has 4 aromatic carbocycles. The van der Waals surface area contributed by atoms with Crippen LogP contribution in [0.5, 0.6) is 5.75 Å². The van der Waals surface area contributed by atoms with E-state index in [2.05, 4.69) is 15.5 Å². The summed E-state index contributed by atoms with van der Waals surface area (Å²) in [6.45, 7) is 4.65. The Kier molecular flexibility index (Phi) is 12.9. The second-order valence-electron chi connectivity index (χ2n) is 15.3. The molecule has 2 amide bonds. The number of fused-ring (bicyclic) bond motifs is 2. The lowest BCUT2D eigenvalue weighted by Crippen LogP contribution is -2.48. The Labute approximate surface area is 323 Å². The van der Waals surface area contributed by atoms with Crippen molar-refractivity contribution in [2.45, 2.75) is 74.8 Å². The standard InChI is InChI=1S/C45H53N3O7/c49-40-26-32-10-4-6-12-36(32)38(40)29-43(52)46-39(25-30-8-2-1-3-9-30)41(50)28-34(45(53)47-44-37-13-7-5-11-33(37)27-42(44)51)24-31-14-16-35(17-15-31)55-23-20-48-18-21-54-22-19-48/h1-17,34,38-42,44,49-51H,18-29H2,(H,46,52)(H,47,53)/t34-,38-,39+,40+,41+,42-,44+/m1/s1. The predicted octanol–water partition coefficient (Wildman–Crippen LogP) is 3.90. The molecule has 1 fully saturated rings. The van der Waals surface area contributed by atoms with E-state index >= 15 is 0 Å². The van der Waals surface area contributed by atoms with Gasteiger partial charge in [0.05, 0.1) is 43.6 Å². The average molecular weight is 748 g/mol. The maximum Gasteiger partial charge on any atom is 0.224 e. The van der Waals surface area contributed by atoms with Gasteiger partial charge in [-0.1, -0.05) is 91.0 Å². The van der Waals surface area contributed by atoms with Crippen molar-refractivity contribution in [2.75, 3.05) is 39.5 Å². The van der Waals surface area contributed by atoms with E-state index in [-0.39, 0.29) is 30.6 Å². The fourth-order valence-corrected chi connectivity index (χ4v) is 8.40. The van der Waals surface area contributed by atoms with E-state index in [0.717, 1.165) is 72.0 Å². The van der Waals surface area contributed by atoms with Gasteiger partial charge in [0.2, 0.25) is 11.8 Å². The smallest absolute Gasteiger partial charge is 0.224 e. The molecule has 10 nitrogen and oxygen atoms in total. The molecule has 10 heteroatoms. The molecule has 1 heterocycles. The molecule has 0 aromatic heterocycles. The molecule has 0 bridgehead atoms. The van der Waals surface area contributed by atoms with E-state index < -0.39 is 36.3 Å². The van der Waals surface area contributed by atoms with Crippen molar-refractivity contribution in [3.63, 3.8) is 0 Å². The van der Waals surface area contributed by atoms with Crippen molar-refractivity contribution < 1.29 is 34.4 Å². The maximum absolute atomic E-state index is 14.3. The second kappa shape index (κ2) is 18.4. The number of rotatable bonds is 16. The summed E-state index contributed by atoms with van der Waals surface area (Å²) in [4.78, 5) is 30.3. The van der Waals surface area contributed by atoms with Crippen LogP contribution < -0.4 is 15.4 Å². The Balaban J connectivity index is 1.07. The van der Waals surface area contributed by atoms with Crippen LogP contribution in [0.2, 0.25) is 0 Å². The molecule has 5 N–H and O–H groups in total. The number of aliphatic hydroxyl groups is 3. The molecule has 290 valence electrons. The van der Waals surface area contributed by atoms with Gasteiger partial charge in [-0.3, -0.25) is 14.5 Å². The third kappa shape index (κ3) is 10.00. The summed E-state index contributed by atoms with van der Waals surface area (Å²) in [7, 11) is 0. The Hall–Kier alpha value is -4.58. The van der Waals surface area contributed by atoms with Gasteiger partial charge in [0.1, 0.15) is 12.4 Å². The number of benzene rings is 4. The predicted molar refractivity (Wildman–Crippen MR) is 210 cm³/mol. The van der Waals surface area contributed by atoms with Crippen molar-refractivity contribution in [2.24, 2.45) is 5.92 Å². The van der Waals surface area contributed by atoms with Crippen molar-refractivity contribution in [1.82, 2.24) is 15.5 Å². The number of ether oxygens (including phenoxy) is 2. The summed E-state index contributed by atoms with van der Waals surface area (Å²) >= 11 is 0. The van der Waals surface area contributed by atoms with Crippen LogP contribution in [0.25, 0.3) is 0 Å². The van der Waals surface area contributed by atoms with Crippen molar-refractivity contribution in [1.29, 1.82) is 0 Å². The SMILES string of the molecule is O=C(C[C@@H]1c2ccccc2C[C@@H]1O)N[C@@H](Cc1ccccc1)[C@@H](O)C[C@@H](Cc1ccc(OCCN2CCOCC2)cc1)C(=O)N[C@H]1c2ccccc2C[C@H]1O. The van der Waals surface area contributed by atoms with Crippen molar-refractivity contribution >= 4 is 11.8 Å². The minimum absolute atomic E-state index is 0.0702. The van der Waals surface area contributed by atoms with Gasteiger partial charge < -0.3 is 35.4 Å². The molecule has 1 aliphatic heterocycles. The summed E-state index contributed by atoms with van der Waals surface area (Å²) in [6, 6.07) is 31.7. The lowest BCUT2D eigenvalue weighted by atomic mass is 9.88. The van der Waals surface area contributed by atoms with E-state index in [1.807, 2.05) is 103 Å². The van der Waals surface area contributed by atoms with Crippen LogP contribution in [0.1, 0.15) is 58.2 Å². The topological polar surface area (TPSA) is 141 Å². The van der Waals surface area contributed by atoms with Crippen LogP contribution in [-0.4, -0.2) is 95.8 Å². The Bertz CT molecular complexity index is 1870. The number of carbonyl (C=O) groups is 2. The van der Waals surface area contributed by atoms with E-state index in [4.69, 9.17) is 9.47 Å². The largest absolute Gasteiger partial charge is 0.492 e. The quantitative estimate of drug-likeness (QED) is 0.116. The molecule has 7 rings (SSSR count). The highest BCUT2D eigenvalue weighted by atomic mass is 16.5. The number of hydrogen-bond donors (Lipinski definition) is 5. The van der Waals surface area contributed by atoms with Gasteiger partial charge in [-0.2, -0.15) is 0 Å². The third-order valence-electron chi connectivity index (χ3n) is 11.4. The summed E-state index contributed by atoms with van der Waals surface area (Å²) in [5.41, 5.74) is 5.76. The number of morpholine rings is 1. The molecule has 0 radical (unpaired) electrons. The lowest BCUT2D eigenvalue weighted by Gasteiger charge is -2.29. The molecule has 4 aromatic rings. The fraction of sp³-hybridized carbons (Fsp3) is 0.422. The van der Waals surface area contributed by atoms with Gasteiger partial charge in [0, 0.05) is 44.3 Å². The van der Waals surface area contributed by atoms with Crippen LogP contribution >= 0.6 is 0 Å². The molecule has 0 saturated carbocycles. The number of nitrogens with one attached hydrogen (secondary N) is 2. The molecular weight excluding hydrogens is 695 g/mol. The first-order chi connectivity index (χ1) is 26.8. The van der Waals surface area contributed by atoms with Crippen LogP contribution in [0.15, 0.2) is 103 Å². The number of amides is 2. The third-order valence-corrected chi connectivity index (χ3v) is 11.4. The number of hydrogen-bond acceptors (Lipinski definition) is 8. The molecule has 3 aliphatic rings. The number of nitrogens with zero attached hydrogens (tertiary/aromatic N) is 1. The zero-order valence-electron chi connectivity index (χ0n) is 31.3. The number of aliphatic hydroxyl groups excluding tert-OH is 3. The van der Waals surface area contributed by atoms with Crippen LogP contribution in [0.4, 0.5) is 0 Å². The lowest BCUT2D eigenvalue weighted by molar-refractivity contribution is -0.128. The zero-order chi connectivity index (χ0) is 38.1. The molecule has 0 spiro atoms. The molecule has 2 aliphatic carbocycles.